The number of fused-ring (bicyclic) bond motifs is 1. The third-order valence-corrected chi connectivity index (χ3v) is 6.07. The van der Waals surface area contributed by atoms with E-state index in [1.165, 1.54) is 5.56 Å². The summed E-state index contributed by atoms with van der Waals surface area (Å²) in [6, 6.07) is 14.1. The molecule has 0 aliphatic carbocycles. The van der Waals surface area contributed by atoms with Crippen molar-refractivity contribution in [3.8, 4) is 0 Å². The average Bonchev–Trinajstić information content (AvgIpc) is 3.28. The lowest BCUT2D eigenvalue weighted by molar-refractivity contribution is 0.119. The number of aromatic nitrogens is 2. The Bertz CT molecular complexity index is 1220. The van der Waals surface area contributed by atoms with Crippen LogP contribution in [0, 0.1) is 0 Å². The fourth-order valence-corrected chi connectivity index (χ4v) is 4.52. The van der Waals surface area contributed by atoms with E-state index in [0.717, 1.165) is 40.4 Å². The van der Waals surface area contributed by atoms with Crippen molar-refractivity contribution in [1.82, 2.24) is 14.9 Å². The number of furan rings is 1. The van der Waals surface area contributed by atoms with Gasteiger partial charge in [0.2, 0.25) is 0 Å². The summed E-state index contributed by atoms with van der Waals surface area (Å²) < 4.78 is 7.16. The second kappa shape index (κ2) is 7.21. The van der Waals surface area contributed by atoms with Gasteiger partial charge in [0, 0.05) is 29.6 Å². The molecule has 0 bridgehead atoms. The molecule has 0 radical (unpaired) electrons. The molecule has 29 heavy (non-hydrogen) atoms. The first kappa shape index (κ1) is 18.2. The first-order valence-electron chi connectivity index (χ1n) is 10.2. The van der Waals surface area contributed by atoms with E-state index in [2.05, 4.69) is 29.4 Å². The van der Waals surface area contributed by atoms with Crippen molar-refractivity contribution in [3.05, 3.63) is 70.3 Å². The van der Waals surface area contributed by atoms with E-state index in [0.29, 0.717) is 13.0 Å². The highest BCUT2D eigenvalue weighted by Crippen LogP contribution is 2.30. The third kappa shape index (κ3) is 3.28. The molecule has 0 saturated heterocycles. The summed E-state index contributed by atoms with van der Waals surface area (Å²) in [7, 11) is 0. The van der Waals surface area contributed by atoms with E-state index in [-0.39, 0.29) is 17.8 Å². The lowest BCUT2D eigenvalue weighted by Crippen LogP contribution is -2.41. The normalized spacial score (nSPS) is 20.2. The van der Waals surface area contributed by atoms with Crippen molar-refractivity contribution in [2.75, 3.05) is 0 Å². The monoisotopic (exact) mass is 391 g/mol. The van der Waals surface area contributed by atoms with E-state index in [1.54, 1.807) is 10.8 Å². The van der Waals surface area contributed by atoms with Crippen LogP contribution < -0.4 is 11.0 Å². The number of rotatable bonds is 5. The summed E-state index contributed by atoms with van der Waals surface area (Å²) in [5, 5.41) is 15.8. The number of hydrogen-bond donors (Lipinski definition) is 3. The Morgan fingerprint density at radius 3 is 3.10 bits per heavy atom. The maximum absolute atomic E-state index is 12.3. The van der Waals surface area contributed by atoms with Gasteiger partial charge in [0.25, 0.3) is 0 Å². The molecule has 0 fully saturated rings. The molecule has 1 aliphatic heterocycles. The minimum atomic E-state index is -0.646. The summed E-state index contributed by atoms with van der Waals surface area (Å²) in [6.07, 6.45) is 3.69. The van der Waals surface area contributed by atoms with Crippen molar-refractivity contribution < 1.29 is 9.52 Å². The van der Waals surface area contributed by atoms with Crippen LogP contribution >= 0.6 is 0 Å². The van der Waals surface area contributed by atoms with Gasteiger partial charge in [0.05, 0.1) is 23.4 Å². The van der Waals surface area contributed by atoms with Crippen LogP contribution in [0.1, 0.15) is 37.0 Å². The van der Waals surface area contributed by atoms with Crippen LogP contribution in [0.25, 0.3) is 22.0 Å². The number of aliphatic hydroxyl groups is 1. The first-order valence-corrected chi connectivity index (χ1v) is 10.2. The zero-order valence-electron chi connectivity index (χ0n) is 16.4. The minimum absolute atomic E-state index is 0.0914. The summed E-state index contributed by atoms with van der Waals surface area (Å²) in [6.45, 7) is 2.75. The molecule has 0 amide bonds. The zero-order chi connectivity index (χ0) is 20.0. The largest absolute Gasteiger partial charge is 0.464 e. The highest BCUT2D eigenvalue weighted by molar-refractivity contribution is 5.80. The SMILES string of the molecule is CC(CCc1ccc2occc2c1)NC1CCn2c(=O)[nH]c3cccc(c32)C1O. The highest BCUT2D eigenvalue weighted by atomic mass is 16.3. The minimum Gasteiger partial charge on any atom is -0.464 e. The predicted molar refractivity (Wildman–Crippen MR) is 113 cm³/mol. The molecule has 0 saturated carbocycles. The van der Waals surface area contributed by atoms with Crippen LogP contribution in [-0.2, 0) is 13.0 Å². The van der Waals surface area contributed by atoms with Crippen LogP contribution in [0.4, 0.5) is 0 Å². The second-order valence-corrected chi connectivity index (χ2v) is 8.06. The first-order chi connectivity index (χ1) is 14.1. The predicted octanol–water partition coefficient (Wildman–Crippen LogP) is 3.49. The molecule has 2 aromatic heterocycles. The lowest BCUT2D eigenvalue weighted by atomic mass is 9.98. The average molecular weight is 391 g/mol. The molecular weight excluding hydrogens is 366 g/mol. The van der Waals surface area contributed by atoms with Gasteiger partial charge in [0.1, 0.15) is 5.58 Å². The maximum atomic E-state index is 12.3. The zero-order valence-corrected chi connectivity index (χ0v) is 16.4. The molecule has 6 heteroatoms. The molecular formula is C23H25N3O3. The van der Waals surface area contributed by atoms with Gasteiger partial charge in [-0.3, -0.25) is 4.57 Å². The van der Waals surface area contributed by atoms with Gasteiger partial charge in [-0.2, -0.15) is 0 Å². The number of hydrogen-bond acceptors (Lipinski definition) is 4. The van der Waals surface area contributed by atoms with Crippen LogP contribution in [0.5, 0.6) is 0 Å². The Morgan fingerprint density at radius 2 is 2.21 bits per heavy atom. The molecule has 0 spiro atoms. The van der Waals surface area contributed by atoms with Crippen LogP contribution in [0.3, 0.4) is 0 Å². The van der Waals surface area contributed by atoms with Gasteiger partial charge in [0.15, 0.2) is 0 Å². The van der Waals surface area contributed by atoms with Gasteiger partial charge in [-0.15, -0.1) is 0 Å². The number of nitrogens with zero attached hydrogens (tertiary/aromatic N) is 1. The molecule has 5 rings (SSSR count). The number of nitrogens with one attached hydrogen (secondary N) is 2. The van der Waals surface area contributed by atoms with Gasteiger partial charge < -0.3 is 19.8 Å². The van der Waals surface area contributed by atoms with Crippen molar-refractivity contribution in [1.29, 1.82) is 0 Å². The molecule has 3 heterocycles. The van der Waals surface area contributed by atoms with E-state index < -0.39 is 6.10 Å². The number of H-pyrrole nitrogens is 1. The Hall–Kier alpha value is -2.83. The molecule has 3 unspecified atom stereocenters. The van der Waals surface area contributed by atoms with Crippen LogP contribution in [0.15, 0.2) is 57.9 Å². The van der Waals surface area contributed by atoms with Crippen molar-refractivity contribution in [2.45, 2.75) is 50.9 Å². The Kier molecular flexibility index (Phi) is 4.53. The number of para-hydroxylation sites is 1. The topological polar surface area (TPSA) is 83.2 Å². The summed E-state index contributed by atoms with van der Waals surface area (Å²) >= 11 is 0. The Balaban J connectivity index is 1.29. The number of aromatic amines is 1. The molecule has 6 nitrogen and oxygen atoms in total. The Labute approximate surface area is 168 Å². The van der Waals surface area contributed by atoms with E-state index in [4.69, 9.17) is 4.42 Å². The smallest absolute Gasteiger partial charge is 0.326 e. The summed E-state index contributed by atoms with van der Waals surface area (Å²) in [4.78, 5) is 15.2. The van der Waals surface area contributed by atoms with Crippen LogP contribution in [-0.4, -0.2) is 26.7 Å². The highest BCUT2D eigenvalue weighted by Gasteiger charge is 2.29. The van der Waals surface area contributed by atoms with Crippen molar-refractivity contribution in [2.24, 2.45) is 0 Å². The van der Waals surface area contributed by atoms with Gasteiger partial charge in [-0.05, 0) is 56.0 Å². The number of benzene rings is 2. The van der Waals surface area contributed by atoms with Crippen molar-refractivity contribution in [3.63, 3.8) is 0 Å². The quantitative estimate of drug-likeness (QED) is 0.486. The maximum Gasteiger partial charge on any atom is 0.326 e. The molecule has 2 aromatic carbocycles. The van der Waals surface area contributed by atoms with E-state index in [9.17, 15) is 9.90 Å². The van der Waals surface area contributed by atoms with Gasteiger partial charge in [-0.1, -0.05) is 18.2 Å². The number of aliphatic hydroxyl groups excluding tert-OH is 1. The second-order valence-electron chi connectivity index (χ2n) is 8.06. The van der Waals surface area contributed by atoms with E-state index in [1.807, 2.05) is 30.3 Å². The van der Waals surface area contributed by atoms with Crippen LogP contribution in [0.2, 0.25) is 0 Å². The fraction of sp³-hybridized carbons (Fsp3) is 0.348. The number of aryl methyl sites for hydroxylation is 2. The molecule has 1 aliphatic rings. The van der Waals surface area contributed by atoms with E-state index >= 15 is 0 Å². The third-order valence-electron chi connectivity index (χ3n) is 6.07. The van der Waals surface area contributed by atoms with Gasteiger partial charge in [-0.25, -0.2) is 4.79 Å². The molecule has 3 N–H and O–H groups in total. The molecule has 4 aromatic rings. The lowest BCUT2D eigenvalue weighted by Gasteiger charge is -2.26. The Morgan fingerprint density at radius 1 is 1.31 bits per heavy atom. The molecule has 3 atom stereocenters. The number of imidazole rings is 1. The molecule has 150 valence electrons. The fourth-order valence-electron chi connectivity index (χ4n) is 4.52. The van der Waals surface area contributed by atoms with Gasteiger partial charge >= 0.3 is 5.69 Å². The summed E-state index contributed by atoms with van der Waals surface area (Å²) in [5.41, 5.74) is 4.51. The summed E-state index contributed by atoms with van der Waals surface area (Å²) in [5.74, 6) is 0. The van der Waals surface area contributed by atoms with Crippen molar-refractivity contribution >= 4 is 22.0 Å². The standard InChI is InChI=1S/C23H25N3O3/c1-14(5-6-15-7-8-20-16(13-15)10-12-29-20)24-19-9-11-26-21-17(22(19)27)3-2-4-18(21)25-23(26)28/h2-4,7-8,10,12-14,19,22,24,27H,5-6,9,11H2,1H3,(H,25,28).